The van der Waals surface area contributed by atoms with Crippen molar-refractivity contribution in [1.82, 2.24) is 9.78 Å². The van der Waals surface area contributed by atoms with Crippen LogP contribution in [0.15, 0.2) is 65.4 Å². The number of aromatic nitrogens is 2. The lowest BCUT2D eigenvalue weighted by molar-refractivity contribution is 0.306. The van der Waals surface area contributed by atoms with Crippen molar-refractivity contribution in [3.63, 3.8) is 0 Å². The molecule has 4 heteroatoms. The Morgan fingerprint density at radius 1 is 1.09 bits per heavy atom. The van der Waals surface area contributed by atoms with Gasteiger partial charge in [0.25, 0.3) is 0 Å². The second-order valence-corrected chi connectivity index (χ2v) is 6.36. The van der Waals surface area contributed by atoms with E-state index < -0.39 is 0 Å². The zero-order chi connectivity index (χ0) is 16.1. The van der Waals surface area contributed by atoms with Crippen molar-refractivity contribution in [1.29, 1.82) is 0 Å². The third-order valence-corrected chi connectivity index (χ3v) is 4.00. The van der Waals surface area contributed by atoms with Crippen LogP contribution in [0.2, 0.25) is 0 Å². The number of benzene rings is 2. The first-order valence-electron chi connectivity index (χ1n) is 7.75. The number of ether oxygens (including phenoxy) is 1. The maximum Gasteiger partial charge on any atom is 0.121 e. The molecule has 0 fully saturated rings. The minimum Gasteiger partial charge on any atom is -0.489 e. The van der Waals surface area contributed by atoms with Gasteiger partial charge in [0.1, 0.15) is 12.4 Å². The predicted octanol–water partition coefficient (Wildman–Crippen LogP) is 5.30. The maximum atomic E-state index is 5.93. The molecule has 118 valence electrons. The molecule has 0 N–H and O–H groups in total. The molecular weight excluding hydrogens is 352 g/mol. The Bertz CT molecular complexity index is 768. The molecule has 23 heavy (non-hydrogen) atoms. The van der Waals surface area contributed by atoms with E-state index in [0.717, 1.165) is 39.9 Å². The lowest BCUT2D eigenvalue weighted by atomic mass is 10.1. The van der Waals surface area contributed by atoms with Crippen molar-refractivity contribution in [2.75, 3.05) is 0 Å². The van der Waals surface area contributed by atoms with Gasteiger partial charge in [0.2, 0.25) is 0 Å². The molecule has 0 radical (unpaired) electrons. The van der Waals surface area contributed by atoms with Crippen LogP contribution in [-0.2, 0) is 13.2 Å². The standard InChI is InChI=1S/C19H19BrN2O/c1-2-8-22-13-17(12-21-22)16-9-18(20)11-19(10-16)23-14-15-6-4-3-5-7-15/h3-7,9-13H,2,8,14H2,1H3. The van der Waals surface area contributed by atoms with Crippen LogP contribution >= 0.6 is 15.9 Å². The number of hydrogen-bond donors (Lipinski definition) is 0. The first kappa shape index (κ1) is 15.8. The first-order chi connectivity index (χ1) is 11.2. The zero-order valence-electron chi connectivity index (χ0n) is 13.1. The summed E-state index contributed by atoms with van der Waals surface area (Å²) < 4.78 is 8.91. The molecule has 3 nitrogen and oxygen atoms in total. The molecule has 0 atom stereocenters. The molecule has 0 spiro atoms. The van der Waals surface area contributed by atoms with Crippen LogP contribution < -0.4 is 4.74 Å². The van der Waals surface area contributed by atoms with E-state index in [1.807, 2.05) is 35.1 Å². The van der Waals surface area contributed by atoms with Crippen LogP contribution in [-0.4, -0.2) is 9.78 Å². The van der Waals surface area contributed by atoms with Crippen molar-refractivity contribution < 1.29 is 4.74 Å². The van der Waals surface area contributed by atoms with E-state index >= 15 is 0 Å². The van der Waals surface area contributed by atoms with Gasteiger partial charge in [0.05, 0.1) is 6.20 Å². The van der Waals surface area contributed by atoms with Crippen molar-refractivity contribution in [2.45, 2.75) is 26.5 Å². The van der Waals surface area contributed by atoms with Gasteiger partial charge in [-0.2, -0.15) is 5.10 Å². The number of aryl methyl sites for hydroxylation is 1. The third-order valence-electron chi connectivity index (χ3n) is 3.54. The quantitative estimate of drug-likeness (QED) is 0.588. The van der Waals surface area contributed by atoms with Gasteiger partial charge in [-0.05, 0) is 35.7 Å². The largest absolute Gasteiger partial charge is 0.489 e. The van der Waals surface area contributed by atoms with Gasteiger partial charge >= 0.3 is 0 Å². The summed E-state index contributed by atoms with van der Waals surface area (Å²) in [5.74, 6) is 0.849. The Kier molecular flexibility index (Phi) is 5.13. The summed E-state index contributed by atoms with van der Waals surface area (Å²) in [5, 5.41) is 4.40. The average Bonchev–Trinajstić information content (AvgIpc) is 3.03. The average molecular weight is 371 g/mol. The fourth-order valence-electron chi connectivity index (χ4n) is 2.42. The molecule has 0 saturated heterocycles. The van der Waals surface area contributed by atoms with E-state index in [-0.39, 0.29) is 0 Å². The Morgan fingerprint density at radius 2 is 1.91 bits per heavy atom. The van der Waals surface area contributed by atoms with Crippen LogP contribution in [0.4, 0.5) is 0 Å². The second-order valence-electron chi connectivity index (χ2n) is 5.44. The van der Waals surface area contributed by atoms with Gasteiger partial charge in [0.15, 0.2) is 0 Å². The fourth-order valence-corrected chi connectivity index (χ4v) is 2.89. The van der Waals surface area contributed by atoms with Crippen molar-refractivity contribution >= 4 is 15.9 Å². The van der Waals surface area contributed by atoms with E-state index in [1.165, 1.54) is 0 Å². The molecule has 0 saturated carbocycles. The lowest BCUT2D eigenvalue weighted by Gasteiger charge is -2.09. The van der Waals surface area contributed by atoms with Gasteiger partial charge in [-0.1, -0.05) is 53.2 Å². The van der Waals surface area contributed by atoms with Gasteiger partial charge < -0.3 is 4.74 Å². The maximum absolute atomic E-state index is 5.93. The minimum absolute atomic E-state index is 0.561. The number of nitrogens with zero attached hydrogens (tertiary/aromatic N) is 2. The molecule has 0 bridgehead atoms. The SMILES string of the molecule is CCCn1cc(-c2cc(Br)cc(OCc3ccccc3)c2)cn1. The van der Waals surface area contributed by atoms with E-state index in [0.29, 0.717) is 6.61 Å². The molecule has 3 rings (SSSR count). The lowest BCUT2D eigenvalue weighted by Crippen LogP contribution is -1.96. The molecule has 1 heterocycles. The molecule has 3 aromatic rings. The molecule has 0 aliphatic carbocycles. The Hall–Kier alpha value is -2.07. The van der Waals surface area contributed by atoms with Crippen molar-refractivity contribution in [3.05, 3.63) is 71.0 Å². The molecule has 0 amide bonds. The summed E-state index contributed by atoms with van der Waals surface area (Å²) in [6, 6.07) is 16.3. The van der Waals surface area contributed by atoms with Crippen molar-refractivity contribution in [2.24, 2.45) is 0 Å². The topological polar surface area (TPSA) is 27.1 Å². The Balaban J connectivity index is 1.78. The highest BCUT2D eigenvalue weighted by atomic mass is 79.9. The Morgan fingerprint density at radius 3 is 2.70 bits per heavy atom. The summed E-state index contributed by atoms with van der Waals surface area (Å²) in [6.45, 7) is 3.65. The first-order valence-corrected chi connectivity index (χ1v) is 8.54. The number of hydrogen-bond acceptors (Lipinski definition) is 2. The molecule has 1 aromatic heterocycles. The summed E-state index contributed by atoms with van der Waals surface area (Å²) >= 11 is 3.57. The molecular formula is C19H19BrN2O. The van der Waals surface area contributed by atoms with Gasteiger partial charge in [-0.3, -0.25) is 4.68 Å². The van der Waals surface area contributed by atoms with E-state index in [9.17, 15) is 0 Å². The monoisotopic (exact) mass is 370 g/mol. The smallest absolute Gasteiger partial charge is 0.121 e. The van der Waals surface area contributed by atoms with Gasteiger partial charge in [0, 0.05) is 22.8 Å². The third kappa shape index (κ3) is 4.23. The molecule has 0 aliphatic heterocycles. The van der Waals surface area contributed by atoms with Crippen molar-refractivity contribution in [3.8, 4) is 16.9 Å². The highest BCUT2D eigenvalue weighted by Crippen LogP contribution is 2.29. The van der Waals surface area contributed by atoms with Gasteiger partial charge in [-0.15, -0.1) is 0 Å². The molecule has 2 aromatic carbocycles. The summed E-state index contributed by atoms with van der Waals surface area (Å²) in [6.07, 6.45) is 5.05. The molecule has 0 unspecified atom stereocenters. The normalized spacial score (nSPS) is 10.7. The Labute approximate surface area is 145 Å². The van der Waals surface area contributed by atoms with Gasteiger partial charge in [-0.25, -0.2) is 0 Å². The molecule has 0 aliphatic rings. The number of rotatable bonds is 6. The van der Waals surface area contributed by atoms with Crippen LogP contribution in [0, 0.1) is 0 Å². The van der Waals surface area contributed by atoms with Crippen LogP contribution in [0.5, 0.6) is 5.75 Å². The summed E-state index contributed by atoms with van der Waals surface area (Å²) in [5.41, 5.74) is 3.36. The van der Waals surface area contributed by atoms with E-state index in [4.69, 9.17) is 4.74 Å². The summed E-state index contributed by atoms with van der Waals surface area (Å²) in [7, 11) is 0. The second kappa shape index (κ2) is 7.47. The van der Waals surface area contributed by atoms with E-state index in [1.54, 1.807) is 0 Å². The minimum atomic E-state index is 0.561. The zero-order valence-corrected chi connectivity index (χ0v) is 14.7. The van der Waals surface area contributed by atoms with Crippen LogP contribution in [0.1, 0.15) is 18.9 Å². The highest BCUT2D eigenvalue weighted by Gasteiger charge is 2.06. The predicted molar refractivity (Wildman–Crippen MR) is 96.4 cm³/mol. The summed E-state index contributed by atoms with van der Waals surface area (Å²) in [4.78, 5) is 0. The van der Waals surface area contributed by atoms with E-state index in [2.05, 4.69) is 58.4 Å². The highest BCUT2D eigenvalue weighted by molar-refractivity contribution is 9.10. The fraction of sp³-hybridized carbons (Fsp3) is 0.211. The van der Waals surface area contributed by atoms with Crippen LogP contribution in [0.25, 0.3) is 11.1 Å². The van der Waals surface area contributed by atoms with Crippen LogP contribution in [0.3, 0.4) is 0 Å². The number of halogens is 1.